The van der Waals surface area contributed by atoms with Gasteiger partial charge in [-0.25, -0.2) is 8.42 Å². The van der Waals surface area contributed by atoms with E-state index in [0.717, 1.165) is 27.8 Å². The molecular formula is C25H34N2O3S2. The molecule has 1 aliphatic heterocycles. The summed E-state index contributed by atoms with van der Waals surface area (Å²) in [4.78, 5) is 16.4. The molecule has 0 bridgehead atoms. The van der Waals surface area contributed by atoms with Crippen molar-refractivity contribution in [3.8, 4) is 0 Å². The minimum absolute atomic E-state index is 0.0924. The number of piperidine rings is 1. The summed E-state index contributed by atoms with van der Waals surface area (Å²) < 4.78 is 28.5. The highest BCUT2D eigenvalue weighted by Crippen LogP contribution is 2.31. The molecule has 1 fully saturated rings. The van der Waals surface area contributed by atoms with Gasteiger partial charge >= 0.3 is 0 Å². The largest absolute Gasteiger partial charge is 0.341 e. The van der Waals surface area contributed by atoms with Crippen molar-refractivity contribution < 1.29 is 13.2 Å². The zero-order valence-corrected chi connectivity index (χ0v) is 21.6. The molecule has 2 aromatic carbocycles. The van der Waals surface area contributed by atoms with Crippen LogP contribution < -0.4 is 0 Å². The standard InChI is InChI=1S/C25H34N2O3S2/c1-17-15-18(2)20(4)24(19(17)3)32(29,30)27-13-11-22(12-14-27)25(28)26(5)16-21-7-9-23(31-6)10-8-21/h7-10,15,22H,11-14,16H2,1-6H3. The highest BCUT2D eigenvalue weighted by molar-refractivity contribution is 7.98. The van der Waals surface area contributed by atoms with Crippen molar-refractivity contribution >= 4 is 27.7 Å². The van der Waals surface area contributed by atoms with Crippen LogP contribution in [0.4, 0.5) is 0 Å². The fourth-order valence-electron chi connectivity index (χ4n) is 4.43. The Bertz CT molecular complexity index is 1060. The summed E-state index contributed by atoms with van der Waals surface area (Å²) in [6.07, 6.45) is 3.15. The lowest BCUT2D eigenvalue weighted by Gasteiger charge is -2.33. The maximum absolute atomic E-state index is 13.5. The lowest BCUT2D eigenvalue weighted by atomic mass is 9.96. The highest BCUT2D eigenvalue weighted by Gasteiger charge is 2.35. The Labute approximate surface area is 197 Å². The van der Waals surface area contributed by atoms with Crippen LogP contribution in [-0.4, -0.2) is 49.9 Å². The number of benzene rings is 2. The van der Waals surface area contributed by atoms with Gasteiger partial charge in [-0.1, -0.05) is 18.2 Å². The van der Waals surface area contributed by atoms with Gasteiger partial charge in [-0.05, 0) is 86.7 Å². The molecule has 0 saturated carbocycles. The molecule has 7 heteroatoms. The zero-order chi connectivity index (χ0) is 23.6. The molecule has 1 saturated heterocycles. The Kier molecular flexibility index (Phi) is 7.73. The summed E-state index contributed by atoms with van der Waals surface area (Å²) >= 11 is 1.69. The first-order valence-electron chi connectivity index (χ1n) is 11.0. The van der Waals surface area contributed by atoms with Gasteiger partial charge in [0.2, 0.25) is 15.9 Å². The maximum atomic E-state index is 13.5. The van der Waals surface area contributed by atoms with Crippen molar-refractivity contribution in [1.82, 2.24) is 9.21 Å². The van der Waals surface area contributed by atoms with E-state index >= 15 is 0 Å². The summed E-state index contributed by atoms with van der Waals surface area (Å²) in [6, 6.07) is 10.3. The number of sulfonamides is 1. The number of nitrogens with zero attached hydrogens (tertiary/aromatic N) is 2. The van der Waals surface area contributed by atoms with Crippen LogP contribution in [0, 0.1) is 33.6 Å². The van der Waals surface area contributed by atoms with Gasteiger partial charge in [-0.2, -0.15) is 4.31 Å². The number of carbonyl (C=O) groups excluding carboxylic acids is 1. The Morgan fingerprint density at radius 2 is 1.56 bits per heavy atom. The fourth-order valence-corrected chi connectivity index (χ4v) is 6.89. The molecule has 174 valence electrons. The van der Waals surface area contributed by atoms with Crippen molar-refractivity contribution in [2.24, 2.45) is 5.92 Å². The molecule has 3 rings (SSSR count). The van der Waals surface area contributed by atoms with Gasteiger partial charge < -0.3 is 4.90 Å². The van der Waals surface area contributed by atoms with Crippen LogP contribution in [0.25, 0.3) is 0 Å². The van der Waals surface area contributed by atoms with E-state index in [0.29, 0.717) is 37.4 Å². The molecular weight excluding hydrogens is 440 g/mol. The third-order valence-corrected chi connectivity index (χ3v) is 9.57. The van der Waals surface area contributed by atoms with E-state index in [-0.39, 0.29) is 11.8 Å². The van der Waals surface area contributed by atoms with E-state index in [1.54, 1.807) is 21.0 Å². The van der Waals surface area contributed by atoms with Crippen molar-refractivity contribution in [2.75, 3.05) is 26.4 Å². The minimum atomic E-state index is -3.59. The van der Waals surface area contributed by atoms with Crippen molar-refractivity contribution in [1.29, 1.82) is 0 Å². The Morgan fingerprint density at radius 1 is 1.03 bits per heavy atom. The van der Waals surface area contributed by atoms with E-state index < -0.39 is 10.0 Å². The van der Waals surface area contributed by atoms with Gasteiger partial charge in [-0.3, -0.25) is 4.79 Å². The minimum Gasteiger partial charge on any atom is -0.341 e. The third-order valence-electron chi connectivity index (χ3n) is 6.65. The third kappa shape index (κ3) is 5.05. The first kappa shape index (κ1) is 24.8. The molecule has 0 unspecified atom stereocenters. The monoisotopic (exact) mass is 474 g/mol. The zero-order valence-electron chi connectivity index (χ0n) is 19.9. The molecule has 2 aromatic rings. The molecule has 32 heavy (non-hydrogen) atoms. The van der Waals surface area contributed by atoms with Gasteiger partial charge in [0.05, 0.1) is 4.90 Å². The van der Waals surface area contributed by atoms with Crippen LogP contribution >= 0.6 is 11.8 Å². The van der Waals surface area contributed by atoms with Crippen molar-refractivity contribution in [3.63, 3.8) is 0 Å². The SMILES string of the molecule is CSc1ccc(CN(C)C(=O)C2CCN(S(=O)(=O)c3c(C)c(C)cc(C)c3C)CC2)cc1. The van der Waals surface area contributed by atoms with E-state index in [1.807, 2.05) is 47.1 Å². The fraction of sp³-hybridized carbons (Fsp3) is 0.480. The number of rotatable bonds is 6. The van der Waals surface area contributed by atoms with Gasteiger partial charge in [0, 0.05) is 37.5 Å². The summed E-state index contributed by atoms with van der Waals surface area (Å²) in [6.45, 7) is 8.98. The van der Waals surface area contributed by atoms with Gasteiger partial charge in [0.1, 0.15) is 0 Å². The van der Waals surface area contributed by atoms with E-state index in [2.05, 4.69) is 24.3 Å². The second-order valence-electron chi connectivity index (χ2n) is 8.81. The molecule has 5 nitrogen and oxygen atoms in total. The lowest BCUT2D eigenvalue weighted by molar-refractivity contribution is -0.135. The quantitative estimate of drug-likeness (QED) is 0.570. The molecule has 0 aliphatic carbocycles. The predicted octanol–water partition coefficient (Wildman–Crippen LogP) is 4.70. The lowest BCUT2D eigenvalue weighted by Crippen LogP contribution is -2.43. The van der Waals surface area contributed by atoms with Gasteiger partial charge in [-0.15, -0.1) is 11.8 Å². The average Bonchev–Trinajstić information content (AvgIpc) is 2.78. The Hall–Kier alpha value is -1.83. The van der Waals surface area contributed by atoms with E-state index in [1.165, 1.54) is 4.90 Å². The number of carbonyl (C=O) groups is 1. The summed E-state index contributed by atoms with van der Waals surface area (Å²) in [5.41, 5.74) is 4.71. The number of amides is 1. The molecule has 1 heterocycles. The van der Waals surface area contributed by atoms with Crippen LogP contribution in [0.5, 0.6) is 0 Å². The second-order valence-corrected chi connectivity index (χ2v) is 11.6. The Balaban J connectivity index is 1.67. The number of hydrogen-bond donors (Lipinski definition) is 0. The van der Waals surface area contributed by atoms with Crippen LogP contribution in [0.15, 0.2) is 40.1 Å². The summed E-state index contributed by atoms with van der Waals surface area (Å²) in [5.74, 6) is -0.0480. The Morgan fingerprint density at radius 3 is 2.06 bits per heavy atom. The first-order chi connectivity index (χ1) is 15.1. The second kappa shape index (κ2) is 9.98. The summed E-state index contributed by atoms with van der Waals surface area (Å²) in [7, 11) is -1.76. The molecule has 0 spiro atoms. The van der Waals surface area contributed by atoms with Crippen LogP contribution in [-0.2, 0) is 21.4 Å². The normalized spacial score (nSPS) is 15.7. The molecule has 0 radical (unpaired) electrons. The molecule has 0 aromatic heterocycles. The van der Waals surface area contributed by atoms with Gasteiger partial charge in [0.25, 0.3) is 0 Å². The van der Waals surface area contributed by atoms with Gasteiger partial charge in [0.15, 0.2) is 0 Å². The smallest absolute Gasteiger partial charge is 0.243 e. The first-order valence-corrected chi connectivity index (χ1v) is 13.7. The number of hydrogen-bond acceptors (Lipinski definition) is 4. The van der Waals surface area contributed by atoms with Crippen LogP contribution in [0.1, 0.15) is 40.7 Å². The average molecular weight is 475 g/mol. The number of aryl methyl sites for hydroxylation is 2. The summed E-state index contributed by atoms with van der Waals surface area (Å²) in [5, 5.41) is 0. The molecule has 0 atom stereocenters. The van der Waals surface area contributed by atoms with Crippen LogP contribution in [0.3, 0.4) is 0 Å². The van der Waals surface area contributed by atoms with Crippen molar-refractivity contribution in [3.05, 3.63) is 58.1 Å². The topological polar surface area (TPSA) is 57.7 Å². The van der Waals surface area contributed by atoms with Crippen molar-refractivity contribution in [2.45, 2.75) is 56.9 Å². The van der Waals surface area contributed by atoms with E-state index in [4.69, 9.17) is 0 Å². The predicted molar refractivity (Wildman–Crippen MR) is 132 cm³/mol. The molecule has 1 aliphatic rings. The van der Waals surface area contributed by atoms with Crippen LogP contribution in [0.2, 0.25) is 0 Å². The molecule has 0 N–H and O–H groups in total. The molecule has 1 amide bonds. The maximum Gasteiger partial charge on any atom is 0.243 e. The van der Waals surface area contributed by atoms with E-state index in [9.17, 15) is 13.2 Å². The number of thioether (sulfide) groups is 1. The highest BCUT2D eigenvalue weighted by atomic mass is 32.2.